The molecule has 2 aromatic heterocycles. The second-order valence-corrected chi connectivity index (χ2v) is 7.73. The van der Waals surface area contributed by atoms with E-state index in [1.54, 1.807) is 4.90 Å². The average molecular weight is 453 g/mol. The second kappa shape index (κ2) is 9.52. The second-order valence-electron chi connectivity index (χ2n) is 6.72. The first-order chi connectivity index (χ1) is 14.0. The van der Waals surface area contributed by atoms with E-state index < -0.39 is 16.7 Å². The molecule has 0 unspecified atom stereocenters. The predicted molar refractivity (Wildman–Crippen MR) is 116 cm³/mol. The van der Waals surface area contributed by atoms with E-state index in [2.05, 4.69) is 9.88 Å². The number of para-hydroxylation sites is 1. The maximum atomic E-state index is 13.1. The molecule has 0 spiro atoms. The van der Waals surface area contributed by atoms with Gasteiger partial charge in [0, 0.05) is 26.2 Å². The third-order valence-corrected chi connectivity index (χ3v) is 5.86. The molecule has 3 heterocycles. The quantitative estimate of drug-likeness (QED) is 0.416. The van der Waals surface area contributed by atoms with Gasteiger partial charge in [0.1, 0.15) is 4.92 Å². The number of benzene rings is 1. The minimum Gasteiger partial charge on any atom is -0.395 e. The summed E-state index contributed by atoms with van der Waals surface area (Å²) in [6, 6.07) is 8.42. The van der Waals surface area contributed by atoms with Gasteiger partial charge in [-0.15, -0.1) is 12.4 Å². The van der Waals surface area contributed by atoms with Gasteiger partial charge in [0.15, 0.2) is 10.9 Å². The summed E-state index contributed by atoms with van der Waals surface area (Å²) in [7, 11) is 0. The summed E-state index contributed by atoms with van der Waals surface area (Å²) in [5.74, 6) is -0.973. The van der Waals surface area contributed by atoms with E-state index in [-0.39, 0.29) is 18.2 Å². The Bertz CT molecular complexity index is 1050. The van der Waals surface area contributed by atoms with Crippen molar-refractivity contribution in [2.75, 3.05) is 44.3 Å². The number of nitro groups is 1. The number of ether oxygens (including phenoxy) is 1. The van der Waals surface area contributed by atoms with Gasteiger partial charge in [-0.25, -0.2) is 4.98 Å². The topological polar surface area (TPSA) is 102 Å². The Kier molecular flexibility index (Phi) is 7.03. The van der Waals surface area contributed by atoms with Crippen LogP contribution in [0.4, 0.5) is 11.0 Å². The minimum atomic E-state index is -0.657. The van der Waals surface area contributed by atoms with Crippen molar-refractivity contribution in [1.29, 1.82) is 0 Å². The molecular formula is C19H21ClN4O5S. The molecule has 1 fully saturated rings. The zero-order chi connectivity index (χ0) is 20.4. The van der Waals surface area contributed by atoms with E-state index in [1.165, 1.54) is 23.5 Å². The first-order valence-electron chi connectivity index (χ1n) is 9.25. The van der Waals surface area contributed by atoms with Gasteiger partial charge in [0.05, 0.1) is 29.5 Å². The maximum Gasteiger partial charge on any atom is 0.433 e. The lowest BCUT2D eigenvalue weighted by atomic mass is 10.2. The molecule has 1 aromatic carbocycles. The fourth-order valence-electron chi connectivity index (χ4n) is 3.21. The molecule has 0 N–H and O–H groups in total. The SMILES string of the molecule is Cc1cccc2sc(N(CCN3CCOCC3)C(=O)c3ccc([N+](=O)[O-])o3)nc12.Cl. The van der Waals surface area contributed by atoms with Crippen molar-refractivity contribution in [1.82, 2.24) is 9.88 Å². The van der Waals surface area contributed by atoms with Crippen molar-refractivity contribution < 1.29 is 18.9 Å². The molecule has 0 aliphatic carbocycles. The average Bonchev–Trinajstić information content (AvgIpc) is 3.37. The summed E-state index contributed by atoms with van der Waals surface area (Å²) in [5, 5.41) is 11.5. The monoisotopic (exact) mass is 452 g/mol. The smallest absolute Gasteiger partial charge is 0.395 e. The fourth-order valence-corrected chi connectivity index (χ4v) is 4.28. The van der Waals surface area contributed by atoms with Gasteiger partial charge < -0.3 is 9.15 Å². The number of carbonyl (C=O) groups excluding carboxylic acids is 1. The van der Waals surface area contributed by atoms with Crippen molar-refractivity contribution in [3.63, 3.8) is 0 Å². The van der Waals surface area contributed by atoms with E-state index in [1.807, 2.05) is 25.1 Å². The van der Waals surface area contributed by atoms with Crippen LogP contribution in [0, 0.1) is 17.0 Å². The zero-order valence-electron chi connectivity index (χ0n) is 16.3. The highest BCUT2D eigenvalue weighted by molar-refractivity contribution is 7.22. The van der Waals surface area contributed by atoms with Crippen LogP contribution in [-0.2, 0) is 4.74 Å². The van der Waals surface area contributed by atoms with Crippen LogP contribution in [0.1, 0.15) is 16.1 Å². The van der Waals surface area contributed by atoms with E-state index in [0.717, 1.165) is 28.9 Å². The lowest BCUT2D eigenvalue weighted by Crippen LogP contribution is -2.43. The number of hydrogen-bond donors (Lipinski definition) is 0. The van der Waals surface area contributed by atoms with Gasteiger partial charge in [-0.3, -0.25) is 24.7 Å². The van der Waals surface area contributed by atoms with Crippen molar-refractivity contribution in [3.05, 3.63) is 51.8 Å². The predicted octanol–water partition coefficient (Wildman–Crippen LogP) is 3.51. The number of furan rings is 1. The van der Waals surface area contributed by atoms with Gasteiger partial charge in [0.25, 0.3) is 5.91 Å². The number of rotatable bonds is 6. The number of carbonyl (C=O) groups is 1. The van der Waals surface area contributed by atoms with Crippen LogP contribution in [0.25, 0.3) is 10.2 Å². The van der Waals surface area contributed by atoms with Crippen LogP contribution in [0.5, 0.6) is 0 Å². The van der Waals surface area contributed by atoms with Crippen molar-refractivity contribution in [2.45, 2.75) is 6.92 Å². The number of hydrogen-bond acceptors (Lipinski definition) is 8. The Morgan fingerprint density at radius 3 is 2.73 bits per heavy atom. The Labute approximate surface area is 182 Å². The third-order valence-electron chi connectivity index (χ3n) is 4.81. The Balaban J connectivity index is 0.00000256. The van der Waals surface area contributed by atoms with Gasteiger partial charge in [-0.2, -0.15) is 0 Å². The van der Waals surface area contributed by atoms with Gasteiger partial charge >= 0.3 is 5.88 Å². The van der Waals surface area contributed by atoms with E-state index >= 15 is 0 Å². The summed E-state index contributed by atoms with van der Waals surface area (Å²) in [6.45, 7) is 5.94. The maximum absolute atomic E-state index is 13.1. The lowest BCUT2D eigenvalue weighted by Gasteiger charge is -2.28. The number of morpholine rings is 1. The molecule has 3 aromatic rings. The molecule has 1 saturated heterocycles. The zero-order valence-corrected chi connectivity index (χ0v) is 17.9. The van der Waals surface area contributed by atoms with E-state index in [9.17, 15) is 14.9 Å². The van der Waals surface area contributed by atoms with Gasteiger partial charge in [-0.1, -0.05) is 23.5 Å². The number of thiazole rings is 1. The first kappa shape index (κ1) is 22.2. The molecule has 0 atom stereocenters. The van der Waals surface area contributed by atoms with Crippen molar-refractivity contribution >= 4 is 50.9 Å². The number of nitrogens with zero attached hydrogens (tertiary/aromatic N) is 4. The van der Waals surface area contributed by atoms with Crippen LogP contribution >= 0.6 is 23.7 Å². The Morgan fingerprint density at radius 2 is 2.07 bits per heavy atom. The molecule has 9 nitrogen and oxygen atoms in total. The molecule has 30 heavy (non-hydrogen) atoms. The summed E-state index contributed by atoms with van der Waals surface area (Å²) >= 11 is 1.42. The number of halogens is 1. The number of aromatic nitrogens is 1. The van der Waals surface area contributed by atoms with Crippen LogP contribution in [0.2, 0.25) is 0 Å². The van der Waals surface area contributed by atoms with Crippen LogP contribution < -0.4 is 4.90 Å². The number of fused-ring (bicyclic) bond motifs is 1. The molecule has 0 radical (unpaired) electrons. The molecule has 0 bridgehead atoms. The molecular weight excluding hydrogens is 432 g/mol. The number of aryl methyl sites for hydroxylation is 1. The van der Waals surface area contributed by atoms with Gasteiger partial charge in [0.2, 0.25) is 0 Å². The normalized spacial score (nSPS) is 14.4. The summed E-state index contributed by atoms with van der Waals surface area (Å²) in [5.41, 5.74) is 1.88. The van der Waals surface area contributed by atoms with Gasteiger partial charge in [-0.05, 0) is 24.6 Å². The van der Waals surface area contributed by atoms with Crippen LogP contribution in [0.3, 0.4) is 0 Å². The van der Waals surface area contributed by atoms with Crippen molar-refractivity contribution in [2.24, 2.45) is 0 Å². The number of anilines is 1. The van der Waals surface area contributed by atoms with Crippen LogP contribution in [0.15, 0.2) is 34.7 Å². The molecule has 4 rings (SSSR count). The fraction of sp³-hybridized carbons (Fsp3) is 0.368. The molecule has 1 aliphatic heterocycles. The summed E-state index contributed by atoms with van der Waals surface area (Å²) in [6.07, 6.45) is 0. The highest BCUT2D eigenvalue weighted by Crippen LogP contribution is 2.32. The molecule has 0 saturated carbocycles. The summed E-state index contributed by atoms with van der Waals surface area (Å²) in [4.78, 5) is 31.8. The highest BCUT2D eigenvalue weighted by Gasteiger charge is 2.27. The number of amides is 1. The van der Waals surface area contributed by atoms with Crippen LogP contribution in [-0.4, -0.2) is 60.1 Å². The minimum absolute atomic E-state index is 0. The van der Waals surface area contributed by atoms with Crippen molar-refractivity contribution in [3.8, 4) is 0 Å². The molecule has 1 aliphatic rings. The third kappa shape index (κ3) is 4.62. The summed E-state index contributed by atoms with van der Waals surface area (Å²) < 4.78 is 11.5. The molecule has 160 valence electrons. The molecule has 1 amide bonds. The standard InChI is InChI=1S/C19H20N4O5S.ClH/c1-13-3-2-4-15-17(13)20-19(29-15)22(8-7-21-9-11-27-12-10-21)18(24)14-5-6-16(28-14)23(25)26;/h2-6H,7-12H2,1H3;1H. The lowest BCUT2D eigenvalue weighted by molar-refractivity contribution is -0.402. The highest BCUT2D eigenvalue weighted by atomic mass is 35.5. The Morgan fingerprint density at radius 1 is 1.30 bits per heavy atom. The molecule has 11 heteroatoms. The first-order valence-corrected chi connectivity index (χ1v) is 10.1. The van der Waals surface area contributed by atoms with E-state index in [4.69, 9.17) is 9.15 Å². The largest absolute Gasteiger partial charge is 0.433 e. The Hall–Kier alpha value is -2.53. The van der Waals surface area contributed by atoms with E-state index in [0.29, 0.717) is 31.4 Å².